The summed E-state index contributed by atoms with van der Waals surface area (Å²) in [6, 6.07) is 14.8. The zero-order valence-electron chi connectivity index (χ0n) is 13.2. The molecule has 1 heterocycles. The second-order valence-electron chi connectivity index (χ2n) is 5.34. The molecule has 5 nitrogen and oxygen atoms in total. The average Bonchev–Trinajstić information content (AvgIpc) is 3.03. The molecule has 122 valence electrons. The summed E-state index contributed by atoms with van der Waals surface area (Å²) in [5.41, 5.74) is 2.64. The van der Waals surface area contributed by atoms with E-state index in [-0.39, 0.29) is 11.0 Å². The molecule has 1 atom stereocenters. The second kappa shape index (κ2) is 7.15. The second-order valence-corrected chi connectivity index (χ2v) is 7.08. The normalized spacial score (nSPS) is 12.1. The maximum Gasteiger partial charge on any atom is 0.214 e. The number of hydrogen-bond donors (Lipinski definition) is 0. The number of aryl methyl sites for hydroxylation is 1. The van der Waals surface area contributed by atoms with Gasteiger partial charge in [-0.1, -0.05) is 41.1 Å². The van der Waals surface area contributed by atoms with Crippen molar-refractivity contribution in [2.75, 3.05) is 0 Å². The Morgan fingerprint density at radius 2 is 1.79 bits per heavy atom. The first-order valence-corrected chi connectivity index (χ1v) is 8.62. The summed E-state index contributed by atoms with van der Waals surface area (Å²) >= 11 is 7.19. The van der Waals surface area contributed by atoms with Crippen molar-refractivity contribution in [1.29, 1.82) is 0 Å². The van der Waals surface area contributed by atoms with Gasteiger partial charge in [0.2, 0.25) is 5.16 Å². The minimum Gasteiger partial charge on any atom is -0.293 e. The maximum atomic E-state index is 12.5. The van der Waals surface area contributed by atoms with Crippen LogP contribution in [0.5, 0.6) is 0 Å². The summed E-state index contributed by atoms with van der Waals surface area (Å²) in [6.45, 7) is 3.86. The first kappa shape index (κ1) is 16.7. The van der Waals surface area contributed by atoms with Crippen LogP contribution in [0.1, 0.15) is 22.8 Å². The van der Waals surface area contributed by atoms with E-state index in [1.165, 1.54) is 11.8 Å². The van der Waals surface area contributed by atoms with Gasteiger partial charge in [0.05, 0.1) is 10.9 Å². The van der Waals surface area contributed by atoms with E-state index in [0.29, 0.717) is 15.7 Å². The van der Waals surface area contributed by atoms with Crippen molar-refractivity contribution in [2.45, 2.75) is 24.3 Å². The Morgan fingerprint density at radius 3 is 2.46 bits per heavy atom. The van der Waals surface area contributed by atoms with Crippen molar-refractivity contribution >= 4 is 29.1 Å². The third-order valence-corrected chi connectivity index (χ3v) is 4.78. The largest absolute Gasteiger partial charge is 0.293 e. The van der Waals surface area contributed by atoms with Crippen LogP contribution in [0.2, 0.25) is 5.02 Å². The summed E-state index contributed by atoms with van der Waals surface area (Å²) in [4.78, 5) is 12.5. The van der Waals surface area contributed by atoms with E-state index in [9.17, 15) is 4.79 Å². The summed E-state index contributed by atoms with van der Waals surface area (Å²) in [5, 5.41) is 12.7. The highest BCUT2D eigenvalue weighted by Crippen LogP contribution is 2.25. The first-order chi connectivity index (χ1) is 11.5. The third kappa shape index (κ3) is 3.66. The van der Waals surface area contributed by atoms with Gasteiger partial charge in [-0.25, -0.2) is 0 Å². The molecule has 0 fully saturated rings. The Balaban J connectivity index is 1.79. The molecule has 3 rings (SSSR count). The Kier molecular flexibility index (Phi) is 4.97. The molecule has 7 heteroatoms. The van der Waals surface area contributed by atoms with E-state index in [1.54, 1.807) is 28.9 Å². The Bertz CT molecular complexity index is 846. The molecule has 0 bridgehead atoms. The van der Waals surface area contributed by atoms with Crippen LogP contribution in [0, 0.1) is 6.92 Å². The van der Waals surface area contributed by atoms with Crippen LogP contribution in [0.15, 0.2) is 53.7 Å². The van der Waals surface area contributed by atoms with Gasteiger partial charge in [0.25, 0.3) is 0 Å². The van der Waals surface area contributed by atoms with Gasteiger partial charge in [-0.15, -0.1) is 5.10 Å². The van der Waals surface area contributed by atoms with Gasteiger partial charge in [-0.2, -0.15) is 4.68 Å². The van der Waals surface area contributed by atoms with Crippen molar-refractivity contribution in [3.05, 3.63) is 64.7 Å². The SMILES string of the molecule is Cc1ccc(-n2nnnc2S[C@H](C)C(=O)c2ccc(Cl)cc2)cc1. The number of ketones is 1. The first-order valence-electron chi connectivity index (χ1n) is 7.36. The predicted molar refractivity (Wildman–Crippen MR) is 95.0 cm³/mol. The monoisotopic (exact) mass is 358 g/mol. The molecule has 0 spiro atoms. The number of Topliss-reactive ketones (excluding diaryl/α,β-unsaturated/α-hetero) is 1. The summed E-state index contributed by atoms with van der Waals surface area (Å²) in [6.07, 6.45) is 0. The topological polar surface area (TPSA) is 60.7 Å². The number of carbonyl (C=O) groups excluding carboxylic acids is 1. The average molecular weight is 359 g/mol. The van der Waals surface area contributed by atoms with Gasteiger partial charge < -0.3 is 0 Å². The number of tetrazole rings is 1. The van der Waals surface area contributed by atoms with Crippen molar-refractivity contribution in [3.8, 4) is 5.69 Å². The van der Waals surface area contributed by atoms with Gasteiger partial charge in [-0.05, 0) is 60.7 Å². The maximum absolute atomic E-state index is 12.5. The molecule has 0 aliphatic carbocycles. The number of carbonyl (C=O) groups is 1. The molecule has 0 aliphatic heterocycles. The van der Waals surface area contributed by atoms with Gasteiger partial charge in [-0.3, -0.25) is 4.79 Å². The third-order valence-electron chi connectivity index (χ3n) is 3.50. The van der Waals surface area contributed by atoms with E-state index in [1.807, 2.05) is 38.1 Å². The highest BCUT2D eigenvalue weighted by Gasteiger charge is 2.20. The number of benzene rings is 2. The number of rotatable bonds is 5. The number of aromatic nitrogens is 4. The molecule has 0 unspecified atom stereocenters. The fourth-order valence-corrected chi connectivity index (χ4v) is 3.17. The molecular formula is C17H15ClN4OS. The van der Waals surface area contributed by atoms with Gasteiger partial charge >= 0.3 is 0 Å². The molecule has 0 aliphatic rings. The highest BCUT2D eigenvalue weighted by molar-refractivity contribution is 8.00. The predicted octanol–water partition coefficient (Wildman–Crippen LogP) is 3.99. The number of hydrogen-bond acceptors (Lipinski definition) is 5. The van der Waals surface area contributed by atoms with Crippen LogP contribution in [0.25, 0.3) is 5.69 Å². The molecule has 2 aromatic carbocycles. The fraction of sp³-hybridized carbons (Fsp3) is 0.176. The van der Waals surface area contributed by atoms with Crippen LogP contribution < -0.4 is 0 Å². The summed E-state index contributed by atoms with van der Waals surface area (Å²) in [5.74, 6) is 0.00937. The molecule has 3 aromatic rings. The summed E-state index contributed by atoms with van der Waals surface area (Å²) in [7, 11) is 0. The lowest BCUT2D eigenvalue weighted by Gasteiger charge is -2.10. The molecule has 0 amide bonds. The van der Waals surface area contributed by atoms with E-state index in [0.717, 1.165) is 11.3 Å². The van der Waals surface area contributed by atoms with Gasteiger partial charge in [0, 0.05) is 10.6 Å². The van der Waals surface area contributed by atoms with Crippen molar-refractivity contribution in [1.82, 2.24) is 20.2 Å². The lowest BCUT2D eigenvalue weighted by molar-refractivity contribution is 0.0994. The molecule has 0 saturated carbocycles. The molecular weight excluding hydrogens is 344 g/mol. The minimum atomic E-state index is -0.318. The Labute approximate surface area is 149 Å². The highest BCUT2D eigenvalue weighted by atomic mass is 35.5. The van der Waals surface area contributed by atoms with E-state index in [2.05, 4.69) is 15.5 Å². The zero-order chi connectivity index (χ0) is 17.1. The van der Waals surface area contributed by atoms with E-state index >= 15 is 0 Å². The van der Waals surface area contributed by atoms with Gasteiger partial charge in [0.1, 0.15) is 0 Å². The number of halogens is 1. The lowest BCUT2D eigenvalue weighted by atomic mass is 10.1. The molecule has 1 aromatic heterocycles. The Hall–Kier alpha value is -2.18. The van der Waals surface area contributed by atoms with E-state index < -0.39 is 0 Å². The lowest BCUT2D eigenvalue weighted by Crippen LogP contribution is -2.14. The minimum absolute atomic E-state index is 0.00937. The summed E-state index contributed by atoms with van der Waals surface area (Å²) < 4.78 is 1.63. The zero-order valence-corrected chi connectivity index (χ0v) is 14.8. The van der Waals surface area contributed by atoms with Crippen molar-refractivity contribution < 1.29 is 4.79 Å². The molecule has 24 heavy (non-hydrogen) atoms. The number of nitrogens with zero attached hydrogens (tertiary/aromatic N) is 4. The van der Waals surface area contributed by atoms with Gasteiger partial charge in [0.15, 0.2) is 5.78 Å². The quantitative estimate of drug-likeness (QED) is 0.510. The molecule has 0 N–H and O–H groups in total. The standard InChI is InChI=1S/C17H15ClN4OS/c1-11-3-9-15(10-4-11)22-17(19-20-21-22)24-12(2)16(23)13-5-7-14(18)8-6-13/h3-10,12H,1-2H3/t12-/m1/s1. The van der Waals surface area contributed by atoms with Crippen LogP contribution >= 0.6 is 23.4 Å². The number of thioether (sulfide) groups is 1. The molecule has 0 saturated heterocycles. The van der Waals surface area contributed by atoms with Crippen LogP contribution in [0.4, 0.5) is 0 Å². The fourth-order valence-electron chi connectivity index (χ4n) is 2.16. The van der Waals surface area contributed by atoms with Crippen LogP contribution in [-0.4, -0.2) is 31.2 Å². The molecule has 0 radical (unpaired) electrons. The smallest absolute Gasteiger partial charge is 0.214 e. The van der Waals surface area contributed by atoms with Crippen LogP contribution in [0.3, 0.4) is 0 Å². The van der Waals surface area contributed by atoms with E-state index in [4.69, 9.17) is 11.6 Å². The van der Waals surface area contributed by atoms with Crippen LogP contribution in [-0.2, 0) is 0 Å². The van der Waals surface area contributed by atoms with Crippen molar-refractivity contribution in [3.63, 3.8) is 0 Å². The Morgan fingerprint density at radius 1 is 1.12 bits per heavy atom. The van der Waals surface area contributed by atoms with Crippen molar-refractivity contribution in [2.24, 2.45) is 0 Å².